The number of hydrogen-bond donors (Lipinski definition) is 1. The lowest BCUT2D eigenvalue weighted by Crippen LogP contribution is -2.36. The summed E-state index contributed by atoms with van der Waals surface area (Å²) < 4.78 is 0. The second kappa shape index (κ2) is 7.17. The fourth-order valence-corrected chi connectivity index (χ4v) is 3.03. The van der Waals surface area contributed by atoms with E-state index in [1.54, 1.807) is 0 Å². The van der Waals surface area contributed by atoms with Gasteiger partial charge in [0.2, 0.25) is 0 Å². The average molecular weight is 264 g/mol. The third-order valence-electron chi connectivity index (χ3n) is 3.77. The number of rotatable bonds is 5. The van der Waals surface area contributed by atoms with E-state index in [0.717, 1.165) is 12.5 Å². The first-order valence-corrected chi connectivity index (χ1v) is 8.04. The molecular formula is C15H24N2S. The molecule has 1 heterocycles. The van der Waals surface area contributed by atoms with Gasteiger partial charge in [-0.25, -0.2) is 0 Å². The van der Waals surface area contributed by atoms with Crippen molar-refractivity contribution in [2.45, 2.75) is 24.3 Å². The summed E-state index contributed by atoms with van der Waals surface area (Å²) in [6.07, 6.45) is 4.80. The van der Waals surface area contributed by atoms with Gasteiger partial charge in [0.15, 0.2) is 0 Å². The first kappa shape index (κ1) is 13.9. The van der Waals surface area contributed by atoms with Crippen molar-refractivity contribution < 1.29 is 0 Å². The molecule has 0 aromatic heterocycles. The van der Waals surface area contributed by atoms with Crippen molar-refractivity contribution in [3.63, 3.8) is 0 Å². The van der Waals surface area contributed by atoms with Crippen molar-refractivity contribution in [3.05, 3.63) is 29.8 Å². The SMILES string of the molecule is CNCC1CCN(Cc2ccc(SC)cc2)CC1. The summed E-state index contributed by atoms with van der Waals surface area (Å²) >= 11 is 1.81. The van der Waals surface area contributed by atoms with Gasteiger partial charge in [-0.05, 0) is 69.4 Å². The van der Waals surface area contributed by atoms with E-state index in [1.165, 1.54) is 42.9 Å². The Labute approximate surface area is 115 Å². The smallest absolute Gasteiger partial charge is 0.0233 e. The maximum Gasteiger partial charge on any atom is 0.0233 e. The van der Waals surface area contributed by atoms with E-state index < -0.39 is 0 Å². The molecule has 0 spiro atoms. The van der Waals surface area contributed by atoms with Crippen LogP contribution in [0.2, 0.25) is 0 Å². The summed E-state index contributed by atoms with van der Waals surface area (Å²) in [6, 6.07) is 9.00. The Morgan fingerprint density at radius 3 is 2.44 bits per heavy atom. The first-order valence-electron chi connectivity index (χ1n) is 6.81. The van der Waals surface area contributed by atoms with Crippen molar-refractivity contribution in [1.29, 1.82) is 0 Å². The lowest BCUT2D eigenvalue weighted by atomic mass is 9.96. The van der Waals surface area contributed by atoms with Crippen LogP contribution in [0.1, 0.15) is 18.4 Å². The van der Waals surface area contributed by atoms with Gasteiger partial charge in [0, 0.05) is 11.4 Å². The molecule has 1 aliphatic heterocycles. The van der Waals surface area contributed by atoms with Crippen LogP contribution in [0.5, 0.6) is 0 Å². The minimum absolute atomic E-state index is 0.880. The van der Waals surface area contributed by atoms with Gasteiger partial charge in [0.25, 0.3) is 0 Å². The minimum atomic E-state index is 0.880. The summed E-state index contributed by atoms with van der Waals surface area (Å²) in [5.74, 6) is 0.880. The van der Waals surface area contributed by atoms with Crippen molar-refractivity contribution in [3.8, 4) is 0 Å². The van der Waals surface area contributed by atoms with Crippen LogP contribution in [-0.4, -0.2) is 37.8 Å². The van der Waals surface area contributed by atoms with Gasteiger partial charge in [0.05, 0.1) is 0 Å². The van der Waals surface area contributed by atoms with Gasteiger partial charge in [0.1, 0.15) is 0 Å². The second-order valence-corrected chi connectivity index (χ2v) is 6.00. The van der Waals surface area contributed by atoms with Crippen LogP contribution in [0.15, 0.2) is 29.2 Å². The highest BCUT2D eigenvalue weighted by Crippen LogP contribution is 2.20. The van der Waals surface area contributed by atoms with E-state index in [-0.39, 0.29) is 0 Å². The van der Waals surface area contributed by atoms with E-state index in [4.69, 9.17) is 0 Å². The van der Waals surface area contributed by atoms with Crippen LogP contribution in [0.4, 0.5) is 0 Å². The minimum Gasteiger partial charge on any atom is -0.319 e. The molecule has 1 N–H and O–H groups in total. The molecule has 18 heavy (non-hydrogen) atoms. The molecule has 2 nitrogen and oxygen atoms in total. The molecule has 0 atom stereocenters. The largest absolute Gasteiger partial charge is 0.319 e. The molecule has 1 aromatic carbocycles. The monoisotopic (exact) mass is 264 g/mol. The van der Waals surface area contributed by atoms with Crippen LogP contribution in [-0.2, 0) is 6.54 Å². The van der Waals surface area contributed by atoms with E-state index in [0.29, 0.717) is 0 Å². The molecule has 0 aliphatic carbocycles. The molecule has 0 radical (unpaired) electrons. The maximum absolute atomic E-state index is 3.29. The number of likely N-dealkylation sites (tertiary alicyclic amines) is 1. The average Bonchev–Trinajstić information content (AvgIpc) is 2.42. The summed E-state index contributed by atoms with van der Waals surface area (Å²) in [5.41, 5.74) is 1.44. The quantitative estimate of drug-likeness (QED) is 0.823. The molecular weight excluding hydrogens is 240 g/mol. The third-order valence-corrected chi connectivity index (χ3v) is 4.51. The highest BCUT2D eigenvalue weighted by molar-refractivity contribution is 7.98. The number of nitrogens with zero attached hydrogens (tertiary/aromatic N) is 1. The Hall–Kier alpha value is -0.510. The fraction of sp³-hybridized carbons (Fsp3) is 0.600. The zero-order valence-electron chi connectivity index (χ0n) is 11.5. The van der Waals surface area contributed by atoms with E-state index in [1.807, 2.05) is 11.8 Å². The third kappa shape index (κ3) is 4.01. The van der Waals surface area contributed by atoms with Crippen molar-refractivity contribution in [2.75, 3.05) is 32.9 Å². The number of piperidine rings is 1. The lowest BCUT2D eigenvalue weighted by molar-refractivity contribution is 0.177. The lowest BCUT2D eigenvalue weighted by Gasteiger charge is -2.31. The molecule has 100 valence electrons. The molecule has 0 unspecified atom stereocenters. The summed E-state index contributed by atoms with van der Waals surface area (Å²) in [5, 5.41) is 3.29. The van der Waals surface area contributed by atoms with Crippen LogP contribution in [0.25, 0.3) is 0 Å². The van der Waals surface area contributed by atoms with Gasteiger partial charge in [-0.1, -0.05) is 12.1 Å². The van der Waals surface area contributed by atoms with Crippen molar-refractivity contribution >= 4 is 11.8 Å². The summed E-state index contributed by atoms with van der Waals surface area (Å²) in [7, 11) is 2.06. The second-order valence-electron chi connectivity index (χ2n) is 5.13. The Balaban J connectivity index is 1.80. The Bertz CT molecular complexity index is 342. The van der Waals surface area contributed by atoms with Gasteiger partial charge in [-0.2, -0.15) is 0 Å². The predicted molar refractivity (Wildman–Crippen MR) is 80.2 cm³/mol. The van der Waals surface area contributed by atoms with Gasteiger partial charge in [-0.3, -0.25) is 4.90 Å². The normalized spacial score (nSPS) is 18.1. The molecule has 0 amide bonds. The van der Waals surface area contributed by atoms with Gasteiger partial charge in [-0.15, -0.1) is 11.8 Å². The topological polar surface area (TPSA) is 15.3 Å². The van der Waals surface area contributed by atoms with Crippen LogP contribution in [0, 0.1) is 5.92 Å². The van der Waals surface area contributed by atoms with Crippen LogP contribution >= 0.6 is 11.8 Å². The van der Waals surface area contributed by atoms with Crippen LogP contribution < -0.4 is 5.32 Å². The molecule has 1 aliphatic rings. The first-order chi connectivity index (χ1) is 8.81. The van der Waals surface area contributed by atoms with E-state index >= 15 is 0 Å². The standard InChI is InChI=1S/C15H24N2S/c1-16-11-13-7-9-17(10-8-13)12-14-3-5-15(18-2)6-4-14/h3-6,13,16H,7-12H2,1-2H3. The van der Waals surface area contributed by atoms with Crippen molar-refractivity contribution in [1.82, 2.24) is 10.2 Å². The van der Waals surface area contributed by atoms with Crippen LogP contribution in [0.3, 0.4) is 0 Å². The van der Waals surface area contributed by atoms with E-state index in [9.17, 15) is 0 Å². The Kier molecular flexibility index (Phi) is 5.54. The highest BCUT2D eigenvalue weighted by atomic mass is 32.2. The molecule has 3 heteroatoms. The number of thioether (sulfide) groups is 1. The molecule has 2 rings (SSSR count). The van der Waals surface area contributed by atoms with Gasteiger partial charge >= 0.3 is 0 Å². The molecule has 1 saturated heterocycles. The maximum atomic E-state index is 3.29. The zero-order valence-corrected chi connectivity index (χ0v) is 12.3. The summed E-state index contributed by atoms with van der Waals surface area (Å²) in [4.78, 5) is 3.94. The number of nitrogens with one attached hydrogen (secondary N) is 1. The zero-order chi connectivity index (χ0) is 12.8. The van der Waals surface area contributed by atoms with Crippen molar-refractivity contribution in [2.24, 2.45) is 5.92 Å². The Morgan fingerprint density at radius 1 is 1.22 bits per heavy atom. The predicted octanol–water partition coefficient (Wildman–Crippen LogP) is 2.84. The van der Waals surface area contributed by atoms with E-state index in [2.05, 4.69) is 47.8 Å². The van der Waals surface area contributed by atoms with Gasteiger partial charge < -0.3 is 5.32 Å². The molecule has 1 aromatic rings. The molecule has 1 fully saturated rings. The fourth-order valence-electron chi connectivity index (χ4n) is 2.63. The molecule has 0 bridgehead atoms. The number of hydrogen-bond acceptors (Lipinski definition) is 3. The highest BCUT2D eigenvalue weighted by Gasteiger charge is 2.18. The number of benzene rings is 1. The Morgan fingerprint density at radius 2 is 1.89 bits per heavy atom. The molecule has 0 saturated carbocycles. The summed E-state index contributed by atoms with van der Waals surface area (Å²) in [6.45, 7) is 4.78.